The second-order valence-electron chi connectivity index (χ2n) is 9.68. The first-order valence-electron chi connectivity index (χ1n) is 12.0. The van der Waals surface area contributed by atoms with Crippen LogP contribution in [0.4, 0.5) is 0 Å². The first-order chi connectivity index (χ1) is 17.3. The highest BCUT2D eigenvalue weighted by Crippen LogP contribution is 2.47. The fourth-order valence-corrected chi connectivity index (χ4v) is 6.45. The Morgan fingerprint density at radius 3 is 2.49 bits per heavy atom. The molecule has 0 bridgehead atoms. The van der Waals surface area contributed by atoms with Crippen LogP contribution in [-0.2, 0) is 12.8 Å². The molecule has 7 aromatic rings. The molecule has 0 radical (unpaired) electrons. The second-order valence-corrected chi connectivity index (χ2v) is 9.68. The van der Waals surface area contributed by atoms with Crippen LogP contribution in [0.2, 0.25) is 0 Å². The van der Waals surface area contributed by atoms with Crippen molar-refractivity contribution in [3.63, 3.8) is 0 Å². The molecule has 3 aromatic carbocycles. The highest BCUT2D eigenvalue weighted by molar-refractivity contribution is 6.15. The van der Waals surface area contributed by atoms with Crippen LogP contribution in [0, 0.1) is 0 Å². The van der Waals surface area contributed by atoms with E-state index >= 15 is 0 Å². The van der Waals surface area contributed by atoms with Crippen LogP contribution in [0.5, 0.6) is 0 Å². The lowest BCUT2D eigenvalue weighted by molar-refractivity contribution is 1.21. The van der Waals surface area contributed by atoms with Gasteiger partial charge in [-0.15, -0.1) is 0 Å². The molecule has 0 N–H and O–H groups in total. The zero-order valence-corrected chi connectivity index (χ0v) is 18.8. The van der Waals surface area contributed by atoms with Crippen LogP contribution in [0.3, 0.4) is 0 Å². The minimum absolute atomic E-state index is 0.881. The lowest BCUT2D eigenvalue weighted by Crippen LogP contribution is -1.96. The molecule has 0 fully saturated rings. The number of rotatable bonds is 0. The number of aromatic nitrogens is 4. The van der Waals surface area contributed by atoms with Gasteiger partial charge < -0.3 is 0 Å². The lowest BCUT2D eigenvalue weighted by Gasteiger charge is -2.11. The predicted molar refractivity (Wildman–Crippen MR) is 140 cm³/mol. The second kappa shape index (κ2) is 6.10. The molecule has 0 unspecified atom stereocenters. The molecule has 2 aliphatic carbocycles. The Kier molecular flexibility index (Phi) is 3.11. The Bertz CT molecular complexity index is 2070. The summed E-state index contributed by atoms with van der Waals surface area (Å²) < 4.78 is 2.19. The smallest absolute Gasteiger partial charge is 0.165 e. The third-order valence-corrected chi connectivity index (χ3v) is 7.91. The van der Waals surface area contributed by atoms with Crippen molar-refractivity contribution in [1.82, 2.24) is 19.4 Å². The van der Waals surface area contributed by atoms with Gasteiger partial charge in [-0.2, -0.15) is 0 Å². The van der Waals surface area contributed by atoms with Gasteiger partial charge in [-0.3, -0.25) is 9.38 Å². The van der Waals surface area contributed by atoms with E-state index in [1.54, 1.807) is 0 Å². The Hall–Kier alpha value is -4.57. The monoisotopic (exact) mass is 446 g/mol. The van der Waals surface area contributed by atoms with Crippen LogP contribution >= 0.6 is 0 Å². The molecular formula is C31H18N4. The van der Waals surface area contributed by atoms with Crippen LogP contribution in [0.15, 0.2) is 85.2 Å². The van der Waals surface area contributed by atoms with Crippen LogP contribution in [0.1, 0.15) is 22.3 Å². The number of nitrogens with zero attached hydrogens (tertiary/aromatic N) is 4. The van der Waals surface area contributed by atoms with Gasteiger partial charge in [0.1, 0.15) is 11.2 Å². The van der Waals surface area contributed by atoms with E-state index in [2.05, 4.69) is 59.0 Å². The Labute approximate surface area is 200 Å². The van der Waals surface area contributed by atoms with Crippen molar-refractivity contribution >= 4 is 38.6 Å². The van der Waals surface area contributed by atoms with Gasteiger partial charge in [0.2, 0.25) is 0 Å². The third kappa shape index (κ3) is 2.15. The number of pyridine rings is 3. The van der Waals surface area contributed by atoms with E-state index in [1.807, 2.05) is 30.6 Å². The summed E-state index contributed by atoms with van der Waals surface area (Å²) >= 11 is 0. The predicted octanol–water partition coefficient (Wildman–Crippen LogP) is 6.73. The fraction of sp³-hybridized carbons (Fsp3) is 0.0645. The van der Waals surface area contributed by atoms with Crippen LogP contribution in [-0.4, -0.2) is 19.4 Å². The van der Waals surface area contributed by atoms with Crippen molar-refractivity contribution in [2.75, 3.05) is 0 Å². The average molecular weight is 447 g/mol. The fourth-order valence-electron chi connectivity index (χ4n) is 6.45. The van der Waals surface area contributed by atoms with E-state index in [1.165, 1.54) is 49.9 Å². The number of hydrogen-bond acceptors (Lipinski definition) is 3. The zero-order valence-electron chi connectivity index (χ0n) is 18.8. The first kappa shape index (κ1) is 17.8. The summed E-state index contributed by atoms with van der Waals surface area (Å²) in [5.41, 5.74) is 15.9. The van der Waals surface area contributed by atoms with Gasteiger partial charge >= 0.3 is 0 Å². The Balaban J connectivity index is 1.41. The minimum atomic E-state index is 0.881. The lowest BCUT2D eigenvalue weighted by atomic mass is 9.97. The molecule has 0 aliphatic heterocycles. The van der Waals surface area contributed by atoms with Gasteiger partial charge in [-0.05, 0) is 87.7 Å². The maximum atomic E-state index is 5.10. The summed E-state index contributed by atoms with van der Waals surface area (Å²) in [6.45, 7) is 0. The van der Waals surface area contributed by atoms with E-state index in [0.29, 0.717) is 0 Å². The summed E-state index contributed by atoms with van der Waals surface area (Å²) in [5, 5.41) is 2.36. The van der Waals surface area contributed by atoms with E-state index in [-0.39, 0.29) is 0 Å². The molecule has 4 nitrogen and oxygen atoms in total. The molecule has 4 heterocycles. The molecular weight excluding hydrogens is 428 g/mol. The maximum Gasteiger partial charge on any atom is 0.165 e. The summed E-state index contributed by atoms with van der Waals surface area (Å²) in [4.78, 5) is 14.6. The van der Waals surface area contributed by atoms with Gasteiger partial charge in [0.25, 0.3) is 0 Å². The normalized spacial score (nSPS) is 13.5. The summed E-state index contributed by atoms with van der Waals surface area (Å²) in [6, 6.07) is 26.3. The summed E-state index contributed by atoms with van der Waals surface area (Å²) in [7, 11) is 0. The van der Waals surface area contributed by atoms with Crippen molar-refractivity contribution in [3.05, 3.63) is 107 Å². The third-order valence-electron chi connectivity index (χ3n) is 7.91. The largest absolute Gasteiger partial charge is 0.274 e. The number of hydrogen-bond donors (Lipinski definition) is 0. The zero-order chi connectivity index (χ0) is 22.7. The highest BCUT2D eigenvalue weighted by Gasteiger charge is 2.28. The van der Waals surface area contributed by atoms with Gasteiger partial charge in [0.15, 0.2) is 5.65 Å². The standard InChI is InChI=1S/C31H18N4/c1-2-6-20-17(5-1)13-18-14-19-15-25-21(24(19)16-23(18)20)9-10-22-28(25)31-34-26-7-3-12-33-30(26)35(31)27-8-4-11-32-29(22)27/h1-12,14,16H,13,15H2. The topological polar surface area (TPSA) is 43.1 Å². The molecule has 4 heteroatoms. The van der Waals surface area contributed by atoms with E-state index in [4.69, 9.17) is 15.0 Å². The molecule has 0 spiro atoms. The molecule has 0 amide bonds. The number of fused-ring (bicyclic) bond motifs is 15. The molecule has 4 aromatic heterocycles. The molecule has 0 saturated carbocycles. The van der Waals surface area contributed by atoms with E-state index in [0.717, 1.165) is 46.1 Å². The summed E-state index contributed by atoms with van der Waals surface area (Å²) in [6.07, 6.45) is 5.65. The van der Waals surface area contributed by atoms with Crippen molar-refractivity contribution in [2.24, 2.45) is 0 Å². The van der Waals surface area contributed by atoms with Crippen molar-refractivity contribution in [3.8, 4) is 22.3 Å². The average Bonchev–Trinajstić information content (AvgIpc) is 3.58. The molecule has 9 rings (SSSR count). The molecule has 2 aliphatic rings. The van der Waals surface area contributed by atoms with E-state index < -0.39 is 0 Å². The van der Waals surface area contributed by atoms with Crippen molar-refractivity contribution < 1.29 is 0 Å². The highest BCUT2D eigenvalue weighted by atomic mass is 15.1. The number of benzene rings is 3. The quantitative estimate of drug-likeness (QED) is 0.243. The Morgan fingerprint density at radius 2 is 1.49 bits per heavy atom. The number of imidazole rings is 1. The molecule has 0 saturated heterocycles. The Morgan fingerprint density at radius 1 is 0.629 bits per heavy atom. The van der Waals surface area contributed by atoms with Gasteiger partial charge in [-0.1, -0.05) is 42.5 Å². The van der Waals surface area contributed by atoms with Gasteiger partial charge in [0, 0.05) is 23.2 Å². The van der Waals surface area contributed by atoms with E-state index in [9.17, 15) is 0 Å². The van der Waals surface area contributed by atoms with Crippen molar-refractivity contribution in [1.29, 1.82) is 0 Å². The van der Waals surface area contributed by atoms with Gasteiger partial charge in [-0.25, -0.2) is 9.97 Å². The van der Waals surface area contributed by atoms with Crippen molar-refractivity contribution in [2.45, 2.75) is 12.8 Å². The van der Waals surface area contributed by atoms with Crippen LogP contribution in [0.25, 0.3) is 60.9 Å². The molecule has 35 heavy (non-hydrogen) atoms. The van der Waals surface area contributed by atoms with Crippen LogP contribution < -0.4 is 0 Å². The minimum Gasteiger partial charge on any atom is -0.274 e. The maximum absolute atomic E-state index is 5.10. The molecule has 162 valence electrons. The summed E-state index contributed by atoms with van der Waals surface area (Å²) in [5.74, 6) is 0. The first-order valence-corrected chi connectivity index (χ1v) is 12.0. The molecule has 0 atom stereocenters. The SMILES string of the molecule is c1ccc2c(c1)Cc1cc3c(cc1-2)-c1ccc2c4ncccc4n4c5ncccc5nc4c2c1C3. The van der Waals surface area contributed by atoms with Gasteiger partial charge in [0.05, 0.1) is 11.0 Å².